The maximum absolute atomic E-state index is 13.6. The van der Waals surface area contributed by atoms with Crippen molar-refractivity contribution in [1.29, 1.82) is 0 Å². The van der Waals surface area contributed by atoms with E-state index in [0.29, 0.717) is 0 Å². The first-order valence-electron chi connectivity index (χ1n) is 5.43. The van der Waals surface area contributed by atoms with Gasteiger partial charge in [0.1, 0.15) is 16.4 Å². The van der Waals surface area contributed by atoms with Crippen LogP contribution in [0.5, 0.6) is 0 Å². The van der Waals surface area contributed by atoms with Gasteiger partial charge in [0.15, 0.2) is 11.6 Å². The molecular weight excluding hydrogens is 373 g/mol. The Morgan fingerprint density at radius 1 is 1.05 bits per heavy atom. The van der Waals surface area contributed by atoms with E-state index in [1.807, 2.05) is 0 Å². The lowest BCUT2D eigenvalue weighted by Gasteiger charge is -2.12. The van der Waals surface area contributed by atoms with Gasteiger partial charge in [-0.3, -0.25) is 4.72 Å². The second-order valence-electron chi connectivity index (χ2n) is 4.00. The summed E-state index contributed by atoms with van der Waals surface area (Å²) in [5.74, 6) is -3.20. The molecule has 0 fully saturated rings. The highest BCUT2D eigenvalue weighted by Crippen LogP contribution is 2.28. The van der Waals surface area contributed by atoms with Gasteiger partial charge in [0.25, 0.3) is 10.0 Å². The van der Waals surface area contributed by atoms with E-state index in [0.717, 1.165) is 30.3 Å². The van der Waals surface area contributed by atoms with Crippen molar-refractivity contribution >= 4 is 37.3 Å². The fourth-order valence-corrected chi connectivity index (χ4v) is 3.20. The van der Waals surface area contributed by atoms with Crippen LogP contribution < -0.4 is 10.5 Å². The van der Waals surface area contributed by atoms with Crippen molar-refractivity contribution in [2.45, 2.75) is 4.90 Å². The molecule has 4 nitrogen and oxygen atoms in total. The zero-order chi connectivity index (χ0) is 15.8. The van der Waals surface area contributed by atoms with Gasteiger partial charge < -0.3 is 5.73 Å². The minimum Gasteiger partial charge on any atom is -0.395 e. The van der Waals surface area contributed by atoms with E-state index in [2.05, 4.69) is 15.9 Å². The zero-order valence-electron chi connectivity index (χ0n) is 10.2. The molecule has 0 aromatic heterocycles. The third-order valence-electron chi connectivity index (χ3n) is 2.55. The second kappa shape index (κ2) is 5.57. The van der Waals surface area contributed by atoms with Crippen LogP contribution in [0, 0.1) is 17.5 Å². The summed E-state index contributed by atoms with van der Waals surface area (Å²) in [6, 6.07) is 4.88. The molecule has 0 aliphatic heterocycles. The van der Waals surface area contributed by atoms with Gasteiger partial charge in [0.2, 0.25) is 0 Å². The van der Waals surface area contributed by atoms with Crippen molar-refractivity contribution in [3.05, 3.63) is 52.3 Å². The van der Waals surface area contributed by atoms with E-state index < -0.39 is 43.7 Å². The quantitative estimate of drug-likeness (QED) is 0.802. The van der Waals surface area contributed by atoms with E-state index in [4.69, 9.17) is 5.73 Å². The van der Waals surface area contributed by atoms with Gasteiger partial charge in [0.05, 0.1) is 5.69 Å². The van der Waals surface area contributed by atoms with E-state index in [1.165, 1.54) is 0 Å². The number of nitrogens with two attached hydrogens (primary N) is 1. The van der Waals surface area contributed by atoms with Gasteiger partial charge >= 0.3 is 0 Å². The average Bonchev–Trinajstić information content (AvgIpc) is 2.37. The molecule has 0 amide bonds. The van der Waals surface area contributed by atoms with Crippen LogP contribution in [0.1, 0.15) is 0 Å². The predicted octanol–water partition coefficient (Wildman–Crippen LogP) is 3.25. The van der Waals surface area contributed by atoms with Gasteiger partial charge in [-0.2, -0.15) is 0 Å². The lowest BCUT2D eigenvalue weighted by Crippen LogP contribution is -2.17. The van der Waals surface area contributed by atoms with Crippen LogP contribution in [-0.2, 0) is 10.0 Å². The van der Waals surface area contributed by atoms with E-state index in [-0.39, 0.29) is 4.47 Å². The second-order valence-corrected chi connectivity index (χ2v) is 6.57. The normalized spacial score (nSPS) is 11.4. The Morgan fingerprint density at radius 2 is 1.62 bits per heavy atom. The standard InChI is InChI=1S/C12H8BrF3N2O2S/c13-6-4-8(15)12(9(16)5-6)18-21(19,20)10-3-1-2-7(14)11(10)17/h1-5,18H,17H2. The Balaban J connectivity index is 2.50. The highest BCUT2D eigenvalue weighted by Gasteiger charge is 2.23. The molecule has 0 spiro atoms. The number of rotatable bonds is 3. The first kappa shape index (κ1) is 15.6. The van der Waals surface area contributed by atoms with Crippen LogP contribution in [0.25, 0.3) is 0 Å². The molecule has 0 radical (unpaired) electrons. The SMILES string of the molecule is Nc1c(F)cccc1S(=O)(=O)Nc1c(F)cc(Br)cc1F. The molecule has 0 bridgehead atoms. The number of benzene rings is 2. The zero-order valence-corrected chi connectivity index (χ0v) is 12.6. The smallest absolute Gasteiger partial charge is 0.264 e. The maximum Gasteiger partial charge on any atom is 0.264 e. The summed E-state index contributed by atoms with van der Waals surface area (Å²) in [5.41, 5.74) is 3.82. The average molecular weight is 381 g/mol. The number of hydrogen-bond acceptors (Lipinski definition) is 3. The van der Waals surface area contributed by atoms with Gasteiger partial charge in [-0.05, 0) is 24.3 Å². The number of sulfonamides is 1. The largest absolute Gasteiger partial charge is 0.395 e. The number of nitrogen functional groups attached to an aromatic ring is 1. The molecule has 9 heteroatoms. The molecule has 2 rings (SSSR count). The molecule has 3 N–H and O–H groups in total. The minimum atomic E-state index is -4.43. The Morgan fingerprint density at radius 3 is 2.19 bits per heavy atom. The van der Waals surface area contributed by atoms with Crippen LogP contribution in [0.4, 0.5) is 24.5 Å². The summed E-state index contributed by atoms with van der Waals surface area (Å²) < 4.78 is 66.5. The van der Waals surface area contributed by atoms with E-state index in [1.54, 1.807) is 4.72 Å². The van der Waals surface area contributed by atoms with Crippen LogP contribution in [0.3, 0.4) is 0 Å². The van der Waals surface area contributed by atoms with Crippen LogP contribution in [-0.4, -0.2) is 8.42 Å². The Kier molecular flexibility index (Phi) is 4.15. The van der Waals surface area contributed by atoms with Crippen molar-refractivity contribution in [3.8, 4) is 0 Å². The number of halogens is 4. The summed E-state index contributed by atoms with van der Waals surface area (Å²) in [4.78, 5) is -0.607. The summed E-state index contributed by atoms with van der Waals surface area (Å²) in [5, 5.41) is 0. The van der Waals surface area contributed by atoms with E-state index >= 15 is 0 Å². The molecule has 2 aromatic rings. The third-order valence-corrected chi connectivity index (χ3v) is 4.41. The van der Waals surface area contributed by atoms with Crippen LogP contribution in [0.2, 0.25) is 0 Å². The van der Waals surface area contributed by atoms with E-state index in [9.17, 15) is 21.6 Å². The minimum absolute atomic E-state index is 0.103. The number of hydrogen-bond donors (Lipinski definition) is 2. The molecule has 112 valence electrons. The molecule has 0 aliphatic carbocycles. The highest BCUT2D eigenvalue weighted by atomic mass is 79.9. The monoisotopic (exact) mass is 380 g/mol. The Hall–Kier alpha value is -1.74. The summed E-state index contributed by atoms with van der Waals surface area (Å²) in [6.45, 7) is 0. The first-order chi connectivity index (χ1) is 9.72. The van der Waals surface area contributed by atoms with Gasteiger partial charge in [-0.25, -0.2) is 21.6 Å². The van der Waals surface area contributed by atoms with Crippen molar-refractivity contribution in [2.75, 3.05) is 10.5 Å². The molecule has 21 heavy (non-hydrogen) atoms. The summed E-state index contributed by atoms with van der Waals surface area (Å²) in [7, 11) is -4.43. The lowest BCUT2D eigenvalue weighted by molar-refractivity contribution is 0.581. The van der Waals surface area contributed by atoms with Crippen molar-refractivity contribution in [3.63, 3.8) is 0 Å². The van der Waals surface area contributed by atoms with Gasteiger partial charge in [0, 0.05) is 4.47 Å². The summed E-state index contributed by atoms with van der Waals surface area (Å²) in [6.07, 6.45) is 0. The topological polar surface area (TPSA) is 72.2 Å². The first-order valence-corrected chi connectivity index (χ1v) is 7.71. The number of anilines is 2. The lowest BCUT2D eigenvalue weighted by atomic mass is 10.3. The number of para-hydroxylation sites is 1. The Labute approximate surface area is 127 Å². The molecule has 0 aliphatic rings. The molecule has 0 atom stereocenters. The van der Waals surface area contributed by atoms with Crippen molar-refractivity contribution in [2.24, 2.45) is 0 Å². The van der Waals surface area contributed by atoms with Gasteiger partial charge in [-0.1, -0.05) is 22.0 Å². The molecule has 0 saturated carbocycles. The van der Waals surface area contributed by atoms with Gasteiger partial charge in [-0.15, -0.1) is 0 Å². The molecule has 0 heterocycles. The Bertz CT molecular complexity index is 789. The number of nitrogens with one attached hydrogen (secondary N) is 1. The fourth-order valence-electron chi connectivity index (χ4n) is 1.58. The highest BCUT2D eigenvalue weighted by molar-refractivity contribution is 9.10. The van der Waals surface area contributed by atoms with Crippen LogP contribution in [0.15, 0.2) is 39.7 Å². The predicted molar refractivity (Wildman–Crippen MR) is 75.7 cm³/mol. The summed E-state index contributed by atoms with van der Waals surface area (Å²) >= 11 is 2.87. The molecule has 0 saturated heterocycles. The van der Waals surface area contributed by atoms with Crippen molar-refractivity contribution < 1.29 is 21.6 Å². The van der Waals surface area contributed by atoms with Crippen molar-refractivity contribution in [1.82, 2.24) is 0 Å². The fraction of sp³-hybridized carbons (Fsp3) is 0. The molecule has 2 aromatic carbocycles. The molecular formula is C12H8BrF3N2O2S. The molecule has 0 unspecified atom stereocenters. The van der Waals surface area contributed by atoms with Crippen LogP contribution >= 0.6 is 15.9 Å². The maximum atomic E-state index is 13.6. The third kappa shape index (κ3) is 3.13.